The van der Waals surface area contributed by atoms with Crippen molar-refractivity contribution in [1.29, 1.82) is 0 Å². The lowest BCUT2D eigenvalue weighted by Crippen LogP contribution is -2.00. The molecule has 0 aromatic heterocycles. The minimum absolute atomic E-state index is 0.285. The Morgan fingerprint density at radius 1 is 1.75 bits per heavy atom. The van der Waals surface area contributed by atoms with Crippen LogP contribution < -0.4 is 5.43 Å². The standard InChI is InChI=1S/C5H9FN2/c1-4(6)5(2)8-7-3/h7H,1H2,2-3H3/b8-5+. The van der Waals surface area contributed by atoms with Crippen LogP contribution in [-0.4, -0.2) is 12.8 Å². The van der Waals surface area contributed by atoms with Gasteiger partial charge in [-0.2, -0.15) is 5.10 Å². The molecule has 46 valence electrons. The molecule has 0 amide bonds. The monoisotopic (exact) mass is 116 g/mol. The van der Waals surface area contributed by atoms with Crippen LogP contribution in [-0.2, 0) is 0 Å². The zero-order valence-electron chi connectivity index (χ0n) is 5.03. The zero-order chi connectivity index (χ0) is 6.57. The molecule has 0 unspecified atom stereocenters. The first-order valence-corrected chi connectivity index (χ1v) is 2.24. The number of hydrogen-bond donors (Lipinski definition) is 1. The van der Waals surface area contributed by atoms with Gasteiger partial charge in [0, 0.05) is 7.05 Å². The lowest BCUT2D eigenvalue weighted by molar-refractivity contribution is 0.680. The topological polar surface area (TPSA) is 24.4 Å². The van der Waals surface area contributed by atoms with Crippen LogP contribution in [0.25, 0.3) is 0 Å². The molecule has 0 aromatic rings. The van der Waals surface area contributed by atoms with Gasteiger partial charge in [-0.15, -0.1) is 0 Å². The SMILES string of the molecule is C=C(F)/C(C)=N/NC. The quantitative estimate of drug-likeness (QED) is 0.423. The highest BCUT2D eigenvalue weighted by Crippen LogP contribution is 1.92. The van der Waals surface area contributed by atoms with Crippen LogP contribution in [0.5, 0.6) is 0 Å². The number of hydrogen-bond acceptors (Lipinski definition) is 2. The van der Waals surface area contributed by atoms with Crippen LogP contribution in [0.4, 0.5) is 4.39 Å². The van der Waals surface area contributed by atoms with Gasteiger partial charge in [-0.3, -0.25) is 0 Å². The van der Waals surface area contributed by atoms with Gasteiger partial charge in [0.15, 0.2) is 0 Å². The second-order valence-electron chi connectivity index (χ2n) is 1.33. The van der Waals surface area contributed by atoms with Gasteiger partial charge in [0.2, 0.25) is 0 Å². The van der Waals surface area contributed by atoms with Crippen molar-refractivity contribution in [2.75, 3.05) is 7.05 Å². The molecule has 3 heteroatoms. The maximum Gasteiger partial charge on any atom is 0.138 e. The highest BCUT2D eigenvalue weighted by Gasteiger charge is 1.91. The second kappa shape index (κ2) is 3.18. The molecule has 0 saturated carbocycles. The van der Waals surface area contributed by atoms with E-state index in [1.165, 1.54) is 0 Å². The Balaban J connectivity index is 3.80. The van der Waals surface area contributed by atoms with Crippen molar-refractivity contribution in [2.45, 2.75) is 6.92 Å². The summed E-state index contributed by atoms with van der Waals surface area (Å²) in [5, 5.41) is 3.52. The molecule has 0 atom stereocenters. The Morgan fingerprint density at radius 3 is 2.38 bits per heavy atom. The van der Waals surface area contributed by atoms with E-state index in [-0.39, 0.29) is 5.71 Å². The fourth-order valence-electron chi connectivity index (χ4n) is 0.228. The molecule has 0 heterocycles. The normalized spacial score (nSPS) is 11.1. The van der Waals surface area contributed by atoms with E-state index in [0.717, 1.165) is 0 Å². The van der Waals surface area contributed by atoms with Gasteiger partial charge in [-0.1, -0.05) is 6.58 Å². The summed E-state index contributed by atoms with van der Waals surface area (Å²) < 4.78 is 11.9. The molecule has 0 spiro atoms. The summed E-state index contributed by atoms with van der Waals surface area (Å²) >= 11 is 0. The fraction of sp³-hybridized carbons (Fsp3) is 0.400. The molecule has 0 aliphatic heterocycles. The molecule has 0 aliphatic carbocycles. The summed E-state index contributed by atoms with van der Waals surface area (Å²) in [6, 6.07) is 0. The van der Waals surface area contributed by atoms with E-state index in [0.29, 0.717) is 0 Å². The molecule has 0 aromatic carbocycles. The smallest absolute Gasteiger partial charge is 0.138 e. The van der Waals surface area contributed by atoms with Gasteiger partial charge >= 0.3 is 0 Å². The highest BCUT2D eigenvalue weighted by molar-refractivity contribution is 5.95. The number of rotatable bonds is 2. The molecule has 1 N–H and O–H groups in total. The van der Waals surface area contributed by atoms with Gasteiger partial charge in [-0.25, -0.2) is 4.39 Å². The molecule has 2 nitrogen and oxygen atoms in total. The minimum atomic E-state index is -0.501. The lowest BCUT2D eigenvalue weighted by Gasteiger charge is -1.91. The third kappa shape index (κ3) is 2.34. The second-order valence-corrected chi connectivity index (χ2v) is 1.33. The fourth-order valence-corrected chi connectivity index (χ4v) is 0.228. The molecule has 0 bridgehead atoms. The number of nitrogens with one attached hydrogen (secondary N) is 1. The Bertz CT molecular complexity index is 118. The van der Waals surface area contributed by atoms with Crippen molar-refractivity contribution in [3.8, 4) is 0 Å². The molecular formula is C5H9FN2. The van der Waals surface area contributed by atoms with Crippen molar-refractivity contribution >= 4 is 5.71 Å². The summed E-state index contributed by atoms with van der Waals surface area (Å²) in [7, 11) is 1.60. The first-order chi connectivity index (χ1) is 3.68. The molecule has 0 radical (unpaired) electrons. The summed E-state index contributed by atoms with van der Waals surface area (Å²) in [5.41, 5.74) is 2.72. The number of nitrogens with zero attached hydrogens (tertiary/aromatic N) is 1. The lowest BCUT2D eigenvalue weighted by atomic mass is 10.4. The molecule has 0 rings (SSSR count). The average Bonchev–Trinajstić information content (AvgIpc) is 1.67. The third-order valence-electron chi connectivity index (χ3n) is 0.672. The van der Waals surface area contributed by atoms with Gasteiger partial charge in [0.25, 0.3) is 0 Å². The van der Waals surface area contributed by atoms with Gasteiger partial charge < -0.3 is 5.43 Å². The Labute approximate surface area is 48.1 Å². The molecular weight excluding hydrogens is 107 g/mol. The maximum absolute atomic E-state index is 11.9. The van der Waals surface area contributed by atoms with E-state index >= 15 is 0 Å². The first kappa shape index (κ1) is 7.14. The largest absolute Gasteiger partial charge is 0.313 e. The first-order valence-electron chi connectivity index (χ1n) is 2.24. The van der Waals surface area contributed by atoms with Gasteiger partial charge in [-0.05, 0) is 6.92 Å². The van der Waals surface area contributed by atoms with Crippen molar-refractivity contribution in [2.24, 2.45) is 5.10 Å². The van der Waals surface area contributed by atoms with Crippen LogP contribution >= 0.6 is 0 Å². The van der Waals surface area contributed by atoms with E-state index in [1.807, 2.05) is 0 Å². The summed E-state index contributed by atoms with van der Waals surface area (Å²) in [6.07, 6.45) is 0. The van der Waals surface area contributed by atoms with Crippen molar-refractivity contribution in [3.05, 3.63) is 12.4 Å². The Kier molecular flexibility index (Phi) is 2.84. The molecule has 8 heavy (non-hydrogen) atoms. The Morgan fingerprint density at radius 2 is 2.25 bits per heavy atom. The van der Waals surface area contributed by atoms with Gasteiger partial charge in [0.1, 0.15) is 5.83 Å². The molecule has 0 saturated heterocycles. The predicted molar refractivity (Wildman–Crippen MR) is 32.4 cm³/mol. The minimum Gasteiger partial charge on any atom is -0.313 e. The van der Waals surface area contributed by atoms with Gasteiger partial charge in [0.05, 0.1) is 5.71 Å². The third-order valence-corrected chi connectivity index (χ3v) is 0.672. The van der Waals surface area contributed by atoms with E-state index < -0.39 is 5.83 Å². The number of halogens is 1. The van der Waals surface area contributed by atoms with E-state index in [4.69, 9.17) is 0 Å². The van der Waals surface area contributed by atoms with E-state index in [2.05, 4.69) is 17.1 Å². The van der Waals surface area contributed by atoms with Crippen molar-refractivity contribution in [3.63, 3.8) is 0 Å². The Hall–Kier alpha value is -0.860. The van der Waals surface area contributed by atoms with Crippen LogP contribution in [0.15, 0.2) is 17.5 Å². The van der Waals surface area contributed by atoms with Crippen LogP contribution in [0.3, 0.4) is 0 Å². The number of hydrazone groups is 1. The van der Waals surface area contributed by atoms with Crippen LogP contribution in [0.1, 0.15) is 6.92 Å². The van der Waals surface area contributed by atoms with Crippen molar-refractivity contribution in [1.82, 2.24) is 5.43 Å². The van der Waals surface area contributed by atoms with E-state index in [9.17, 15) is 4.39 Å². The summed E-state index contributed by atoms with van der Waals surface area (Å²) in [6.45, 7) is 4.58. The van der Waals surface area contributed by atoms with Crippen LogP contribution in [0, 0.1) is 0 Å². The van der Waals surface area contributed by atoms with Crippen molar-refractivity contribution < 1.29 is 4.39 Å². The summed E-state index contributed by atoms with van der Waals surface area (Å²) in [5.74, 6) is -0.501. The number of allylic oxidation sites excluding steroid dienone is 1. The maximum atomic E-state index is 11.9. The summed E-state index contributed by atoms with van der Waals surface area (Å²) in [4.78, 5) is 0. The van der Waals surface area contributed by atoms with E-state index in [1.54, 1.807) is 14.0 Å². The molecule has 0 aliphatic rings. The predicted octanol–water partition coefficient (Wildman–Crippen LogP) is 1.06. The average molecular weight is 116 g/mol. The molecule has 0 fully saturated rings. The highest BCUT2D eigenvalue weighted by atomic mass is 19.1. The zero-order valence-corrected chi connectivity index (χ0v) is 5.03. The van der Waals surface area contributed by atoms with Crippen LogP contribution in [0.2, 0.25) is 0 Å².